The minimum absolute atomic E-state index is 0.298. The highest BCUT2D eigenvalue weighted by atomic mass is 79.9. The first-order chi connectivity index (χ1) is 9.67. The van der Waals surface area contributed by atoms with Crippen LogP contribution >= 0.6 is 15.9 Å². The van der Waals surface area contributed by atoms with Gasteiger partial charge in [-0.3, -0.25) is 0 Å². The highest BCUT2D eigenvalue weighted by Crippen LogP contribution is 2.39. The van der Waals surface area contributed by atoms with Crippen molar-refractivity contribution in [2.45, 2.75) is 51.7 Å². The van der Waals surface area contributed by atoms with E-state index in [4.69, 9.17) is 15.2 Å². The lowest BCUT2D eigenvalue weighted by atomic mass is 9.86. The lowest BCUT2D eigenvalue weighted by molar-refractivity contribution is 0.125. The molecule has 0 spiro atoms. The van der Waals surface area contributed by atoms with Crippen molar-refractivity contribution in [3.8, 4) is 11.5 Å². The van der Waals surface area contributed by atoms with Gasteiger partial charge in [0.05, 0.1) is 17.7 Å². The van der Waals surface area contributed by atoms with E-state index < -0.39 is 0 Å². The molecule has 1 aliphatic rings. The Labute approximate surface area is 130 Å². The van der Waals surface area contributed by atoms with Crippen LogP contribution in [0.15, 0.2) is 16.6 Å². The summed E-state index contributed by atoms with van der Waals surface area (Å²) in [4.78, 5) is 0. The third-order valence-corrected chi connectivity index (χ3v) is 4.77. The Morgan fingerprint density at radius 1 is 1.25 bits per heavy atom. The summed E-state index contributed by atoms with van der Waals surface area (Å²) >= 11 is 3.57. The third-order valence-electron chi connectivity index (χ3n) is 4.18. The Balaban J connectivity index is 2.09. The maximum atomic E-state index is 6.19. The number of nitrogens with two attached hydrogens (primary N) is 1. The predicted octanol–water partition coefficient (Wildman–Crippen LogP) is 4.26. The second-order valence-corrected chi connectivity index (χ2v) is 6.34. The molecule has 2 N–H and O–H groups in total. The minimum Gasteiger partial charge on any atom is -0.493 e. The van der Waals surface area contributed by atoms with Crippen molar-refractivity contribution in [2.24, 2.45) is 11.7 Å². The molecule has 1 aliphatic carbocycles. The number of hydrogen-bond donors (Lipinski definition) is 1. The zero-order chi connectivity index (χ0) is 14.5. The van der Waals surface area contributed by atoms with Crippen molar-refractivity contribution < 1.29 is 9.47 Å². The molecule has 0 aromatic heterocycles. The first kappa shape index (κ1) is 15.6. The van der Waals surface area contributed by atoms with Gasteiger partial charge in [-0.2, -0.15) is 0 Å². The standard InChI is InChI=1S/C16H24BrNO2/c1-3-11-4-6-13(7-5-11)20-16-14(17)8-12(10-18)9-15(16)19-2/h8-9,11,13H,3-7,10,18H2,1-2H3. The maximum Gasteiger partial charge on any atom is 0.175 e. The van der Waals surface area contributed by atoms with E-state index in [2.05, 4.69) is 22.9 Å². The number of hydrogen-bond acceptors (Lipinski definition) is 3. The molecule has 1 fully saturated rings. The Hall–Kier alpha value is -0.740. The second-order valence-electron chi connectivity index (χ2n) is 5.48. The lowest BCUT2D eigenvalue weighted by Gasteiger charge is -2.29. The van der Waals surface area contributed by atoms with Crippen molar-refractivity contribution in [3.63, 3.8) is 0 Å². The van der Waals surface area contributed by atoms with E-state index >= 15 is 0 Å². The summed E-state index contributed by atoms with van der Waals surface area (Å²) in [6, 6.07) is 3.97. The van der Waals surface area contributed by atoms with Gasteiger partial charge in [-0.1, -0.05) is 13.3 Å². The highest BCUT2D eigenvalue weighted by Gasteiger charge is 2.23. The van der Waals surface area contributed by atoms with Gasteiger partial charge in [0, 0.05) is 6.54 Å². The van der Waals surface area contributed by atoms with Crippen molar-refractivity contribution in [3.05, 3.63) is 22.2 Å². The zero-order valence-electron chi connectivity index (χ0n) is 12.3. The Kier molecular flexibility index (Phi) is 5.73. The number of methoxy groups -OCH3 is 1. The number of benzene rings is 1. The molecule has 4 heteroatoms. The summed E-state index contributed by atoms with van der Waals surface area (Å²) in [5.41, 5.74) is 6.73. The first-order valence-electron chi connectivity index (χ1n) is 7.41. The molecule has 0 saturated heterocycles. The summed E-state index contributed by atoms with van der Waals surface area (Å²) in [5, 5.41) is 0. The van der Waals surface area contributed by atoms with Crippen LogP contribution in [-0.2, 0) is 6.54 Å². The quantitative estimate of drug-likeness (QED) is 0.869. The fraction of sp³-hybridized carbons (Fsp3) is 0.625. The average molecular weight is 342 g/mol. The molecule has 1 aromatic rings. The molecule has 1 saturated carbocycles. The smallest absolute Gasteiger partial charge is 0.175 e. The summed E-state index contributed by atoms with van der Waals surface area (Å²) in [6.45, 7) is 2.77. The van der Waals surface area contributed by atoms with Gasteiger partial charge in [0.1, 0.15) is 0 Å². The number of halogens is 1. The molecule has 0 bridgehead atoms. The van der Waals surface area contributed by atoms with Gasteiger partial charge in [0.15, 0.2) is 11.5 Å². The van der Waals surface area contributed by atoms with Gasteiger partial charge in [0.2, 0.25) is 0 Å². The van der Waals surface area contributed by atoms with Crippen LogP contribution in [-0.4, -0.2) is 13.2 Å². The Bertz CT molecular complexity index is 442. The molecule has 0 atom stereocenters. The summed E-state index contributed by atoms with van der Waals surface area (Å²) < 4.78 is 12.6. The highest BCUT2D eigenvalue weighted by molar-refractivity contribution is 9.10. The fourth-order valence-electron chi connectivity index (χ4n) is 2.83. The summed E-state index contributed by atoms with van der Waals surface area (Å²) in [6.07, 6.45) is 6.38. The van der Waals surface area contributed by atoms with Gasteiger partial charge < -0.3 is 15.2 Å². The van der Waals surface area contributed by atoms with Crippen LogP contribution in [0.2, 0.25) is 0 Å². The fourth-order valence-corrected chi connectivity index (χ4v) is 3.41. The van der Waals surface area contributed by atoms with E-state index in [0.717, 1.165) is 40.3 Å². The van der Waals surface area contributed by atoms with Crippen LogP contribution in [0, 0.1) is 5.92 Å². The monoisotopic (exact) mass is 341 g/mol. The molecular formula is C16H24BrNO2. The third kappa shape index (κ3) is 3.67. The SMILES string of the molecule is CCC1CCC(Oc2c(Br)cc(CN)cc2OC)CC1. The molecule has 0 radical (unpaired) electrons. The number of rotatable bonds is 5. The van der Waals surface area contributed by atoms with Gasteiger partial charge in [-0.25, -0.2) is 0 Å². The largest absolute Gasteiger partial charge is 0.493 e. The molecule has 0 heterocycles. The van der Waals surface area contributed by atoms with Gasteiger partial charge in [0.25, 0.3) is 0 Å². The van der Waals surface area contributed by atoms with Crippen molar-refractivity contribution in [1.82, 2.24) is 0 Å². The molecule has 2 rings (SSSR count). The molecule has 0 unspecified atom stereocenters. The van der Waals surface area contributed by atoms with Gasteiger partial charge in [-0.15, -0.1) is 0 Å². The van der Waals surface area contributed by atoms with Gasteiger partial charge >= 0.3 is 0 Å². The summed E-state index contributed by atoms with van der Waals surface area (Å²) in [5.74, 6) is 2.45. The molecule has 1 aromatic carbocycles. The van der Waals surface area contributed by atoms with E-state index in [-0.39, 0.29) is 0 Å². The molecular weight excluding hydrogens is 318 g/mol. The molecule has 0 amide bonds. The minimum atomic E-state index is 0.298. The summed E-state index contributed by atoms with van der Waals surface area (Å²) in [7, 11) is 1.67. The maximum absolute atomic E-state index is 6.19. The van der Waals surface area contributed by atoms with Crippen LogP contribution in [0.5, 0.6) is 11.5 Å². The van der Waals surface area contributed by atoms with E-state index in [9.17, 15) is 0 Å². The van der Waals surface area contributed by atoms with E-state index in [1.54, 1.807) is 7.11 Å². The van der Waals surface area contributed by atoms with E-state index in [1.165, 1.54) is 19.3 Å². The molecule has 0 aliphatic heterocycles. The van der Waals surface area contributed by atoms with Gasteiger partial charge in [-0.05, 0) is 65.2 Å². The molecule has 3 nitrogen and oxygen atoms in total. The number of ether oxygens (including phenoxy) is 2. The van der Waals surface area contributed by atoms with Crippen molar-refractivity contribution in [1.29, 1.82) is 0 Å². The van der Waals surface area contributed by atoms with Crippen LogP contribution in [0.4, 0.5) is 0 Å². The first-order valence-corrected chi connectivity index (χ1v) is 8.20. The lowest BCUT2D eigenvalue weighted by Crippen LogP contribution is -2.24. The zero-order valence-corrected chi connectivity index (χ0v) is 13.9. The molecule has 112 valence electrons. The van der Waals surface area contributed by atoms with Crippen molar-refractivity contribution in [2.75, 3.05) is 7.11 Å². The predicted molar refractivity (Wildman–Crippen MR) is 85.3 cm³/mol. The van der Waals surface area contributed by atoms with E-state index in [1.807, 2.05) is 12.1 Å². The molecule has 20 heavy (non-hydrogen) atoms. The average Bonchev–Trinajstić information content (AvgIpc) is 2.49. The topological polar surface area (TPSA) is 44.5 Å². The van der Waals surface area contributed by atoms with E-state index in [0.29, 0.717) is 12.6 Å². The van der Waals surface area contributed by atoms with Crippen LogP contribution in [0.3, 0.4) is 0 Å². The Morgan fingerprint density at radius 3 is 2.50 bits per heavy atom. The normalized spacial score (nSPS) is 22.6. The second kappa shape index (κ2) is 7.32. The van der Waals surface area contributed by atoms with Crippen molar-refractivity contribution >= 4 is 15.9 Å². The van der Waals surface area contributed by atoms with Crippen LogP contribution < -0.4 is 15.2 Å². The Morgan fingerprint density at radius 2 is 1.95 bits per heavy atom. The van der Waals surface area contributed by atoms with Crippen LogP contribution in [0.25, 0.3) is 0 Å². The van der Waals surface area contributed by atoms with Crippen LogP contribution in [0.1, 0.15) is 44.6 Å².